The van der Waals surface area contributed by atoms with Crippen molar-refractivity contribution in [2.45, 2.75) is 37.2 Å². The molecule has 0 aliphatic carbocycles. The van der Waals surface area contributed by atoms with Crippen LogP contribution in [0.2, 0.25) is 0 Å². The summed E-state index contributed by atoms with van der Waals surface area (Å²) in [7, 11) is 0. The third-order valence-electron chi connectivity index (χ3n) is 5.65. The lowest BCUT2D eigenvalue weighted by Gasteiger charge is -2.42. The number of ketones is 1. The Morgan fingerprint density at radius 1 is 1.00 bits per heavy atom. The lowest BCUT2D eigenvalue weighted by atomic mass is 9.75. The van der Waals surface area contributed by atoms with Crippen molar-refractivity contribution < 1.29 is 14.7 Å². The molecule has 1 fully saturated rings. The maximum atomic E-state index is 12.2. The number of nitrogens with zero attached hydrogens (tertiary/aromatic N) is 1. The number of benzene rings is 2. The summed E-state index contributed by atoms with van der Waals surface area (Å²) in [5.74, 6) is -1.03. The van der Waals surface area contributed by atoms with E-state index >= 15 is 0 Å². The van der Waals surface area contributed by atoms with Crippen LogP contribution in [0.5, 0.6) is 0 Å². The van der Waals surface area contributed by atoms with Gasteiger partial charge in [0.05, 0.1) is 11.5 Å². The van der Waals surface area contributed by atoms with Crippen molar-refractivity contribution in [2.75, 3.05) is 19.6 Å². The summed E-state index contributed by atoms with van der Waals surface area (Å²) in [4.78, 5) is 26.5. The minimum Gasteiger partial charge on any atom is -0.389 e. The molecule has 3 N–H and O–H groups in total. The highest BCUT2D eigenvalue weighted by atomic mass is 16.3. The zero-order valence-electron chi connectivity index (χ0n) is 16.1. The summed E-state index contributed by atoms with van der Waals surface area (Å²) in [5.41, 5.74) is 6.03. The molecule has 5 heteroatoms. The first-order valence-corrected chi connectivity index (χ1v) is 9.87. The number of rotatable bonds is 8. The minimum absolute atomic E-state index is 0.159. The van der Waals surface area contributed by atoms with Crippen molar-refractivity contribution in [2.24, 2.45) is 5.73 Å². The Hall–Kier alpha value is -2.50. The quantitative estimate of drug-likeness (QED) is 0.690. The maximum Gasteiger partial charge on any atom is 0.227 e. The van der Waals surface area contributed by atoms with Crippen LogP contribution in [-0.2, 0) is 4.79 Å². The van der Waals surface area contributed by atoms with E-state index in [1.54, 1.807) is 0 Å². The lowest BCUT2D eigenvalue weighted by molar-refractivity contribution is -0.129. The van der Waals surface area contributed by atoms with E-state index in [0.29, 0.717) is 32.4 Å². The number of piperidine rings is 1. The van der Waals surface area contributed by atoms with Crippen LogP contribution in [0.1, 0.15) is 47.5 Å². The zero-order chi connectivity index (χ0) is 20.0. The molecule has 0 radical (unpaired) electrons. The molecule has 148 valence electrons. The molecular formula is C23H28N2O3. The van der Waals surface area contributed by atoms with E-state index in [-0.39, 0.29) is 5.78 Å². The van der Waals surface area contributed by atoms with Gasteiger partial charge in [0.15, 0.2) is 5.78 Å². The van der Waals surface area contributed by atoms with Crippen LogP contribution in [0, 0.1) is 0 Å². The van der Waals surface area contributed by atoms with Crippen molar-refractivity contribution in [3.63, 3.8) is 0 Å². The number of carbonyl (C=O) groups is 2. The molecule has 0 spiro atoms. The van der Waals surface area contributed by atoms with Gasteiger partial charge in [-0.05, 0) is 31.4 Å². The fraction of sp³-hybridized carbons (Fsp3) is 0.391. The van der Waals surface area contributed by atoms with Gasteiger partial charge < -0.3 is 15.7 Å². The first-order valence-electron chi connectivity index (χ1n) is 9.87. The molecule has 1 aliphatic heterocycles. The SMILES string of the molecule is NC(=O)C(c1ccccc1)C1(O)CCN(CCCC(=O)c2ccccc2)CC1. The smallest absolute Gasteiger partial charge is 0.227 e. The van der Waals surface area contributed by atoms with Crippen LogP contribution in [0.25, 0.3) is 0 Å². The van der Waals surface area contributed by atoms with Crippen molar-refractivity contribution in [3.8, 4) is 0 Å². The standard InChI is InChI=1S/C23H28N2O3/c24-22(27)21(19-10-5-2-6-11-19)23(28)13-16-25(17-14-23)15-7-12-20(26)18-8-3-1-4-9-18/h1-6,8-11,21,28H,7,12-17H2,(H2,24,27). The lowest BCUT2D eigenvalue weighted by Crippen LogP contribution is -2.51. The summed E-state index contributed by atoms with van der Waals surface area (Å²) in [6.07, 6.45) is 2.27. The Morgan fingerprint density at radius 3 is 2.14 bits per heavy atom. The molecule has 2 aromatic rings. The average Bonchev–Trinajstić information content (AvgIpc) is 2.71. The number of primary amides is 1. The highest BCUT2D eigenvalue weighted by molar-refractivity contribution is 5.95. The van der Waals surface area contributed by atoms with E-state index in [1.165, 1.54) is 0 Å². The van der Waals surface area contributed by atoms with Crippen molar-refractivity contribution in [1.82, 2.24) is 4.90 Å². The van der Waals surface area contributed by atoms with E-state index in [0.717, 1.165) is 24.1 Å². The summed E-state index contributed by atoms with van der Waals surface area (Å²) in [5, 5.41) is 11.2. The summed E-state index contributed by atoms with van der Waals surface area (Å²) >= 11 is 0. The van der Waals surface area contributed by atoms with Gasteiger partial charge in [0.2, 0.25) is 5.91 Å². The summed E-state index contributed by atoms with van der Waals surface area (Å²) in [6, 6.07) is 18.6. The van der Waals surface area contributed by atoms with Crippen molar-refractivity contribution in [1.29, 1.82) is 0 Å². The molecule has 1 saturated heterocycles. The minimum atomic E-state index is -1.12. The van der Waals surface area contributed by atoms with Crippen LogP contribution in [0.4, 0.5) is 0 Å². The molecule has 3 rings (SSSR count). The van der Waals surface area contributed by atoms with Gasteiger partial charge in [-0.25, -0.2) is 0 Å². The molecule has 1 unspecified atom stereocenters. The van der Waals surface area contributed by atoms with Gasteiger partial charge >= 0.3 is 0 Å². The number of carbonyl (C=O) groups excluding carboxylic acids is 2. The Labute approximate surface area is 166 Å². The van der Waals surface area contributed by atoms with Crippen LogP contribution in [0.15, 0.2) is 60.7 Å². The van der Waals surface area contributed by atoms with Gasteiger partial charge in [0, 0.05) is 25.1 Å². The normalized spacial score (nSPS) is 17.8. The molecule has 28 heavy (non-hydrogen) atoms. The molecule has 0 aromatic heterocycles. The van der Waals surface area contributed by atoms with Crippen LogP contribution in [0.3, 0.4) is 0 Å². The van der Waals surface area contributed by atoms with E-state index < -0.39 is 17.4 Å². The van der Waals surface area contributed by atoms with E-state index in [4.69, 9.17) is 5.73 Å². The second kappa shape index (κ2) is 9.13. The Kier molecular flexibility index (Phi) is 6.60. The second-order valence-electron chi connectivity index (χ2n) is 7.58. The second-order valence-corrected chi connectivity index (χ2v) is 7.58. The first-order chi connectivity index (χ1) is 13.5. The van der Waals surface area contributed by atoms with Gasteiger partial charge in [0.1, 0.15) is 0 Å². The number of Topliss-reactive ketones (excluding diaryl/α,β-unsaturated/α-hetero) is 1. The third-order valence-corrected chi connectivity index (χ3v) is 5.65. The fourth-order valence-corrected chi connectivity index (χ4v) is 4.07. The number of aliphatic hydroxyl groups is 1. The molecule has 0 saturated carbocycles. The number of amides is 1. The number of likely N-dealkylation sites (tertiary alicyclic amines) is 1. The molecular weight excluding hydrogens is 352 g/mol. The highest BCUT2D eigenvalue weighted by Crippen LogP contribution is 2.36. The van der Waals surface area contributed by atoms with E-state index in [2.05, 4.69) is 4.90 Å². The number of nitrogens with two attached hydrogens (primary N) is 1. The zero-order valence-corrected chi connectivity index (χ0v) is 16.1. The fourth-order valence-electron chi connectivity index (χ4n) is 4.07. The Morgan fingerprint density at radius 2 is 1.57 bits per heavy atom. The average molecular weight is 380 g/mol. The highest BCUT2D eigenvalue weighted by Gasteiger charge is 2.43. The van der Waals surface area contributed by atoms with E-state index in [1.807, 2.05) is 60.7 Å². The number of hydrogen-bond acceptors (Lipinski definition) is 4. The van der Waals surface area contributed by atoms with Crippen molar-refractivity contribution in [3.05, 3.63) is 71.8 Å². The number of hydrogen-bond donors (Lipinski definition) is 2. The molecule has 1 heterocycles. The van der Waals surface area contributed by atoms with Crippen LogP contribution >= 0.6 is 0 Å². The predicted molar refractivity (Wildman–Crippen MR) is 109 cm³/mol. The van der Waals surface area contributed by atoms with Crippen molar-refractivity contribution >= 4 is 11.7 Å². The maximum absolute atomic E-state index is 12.2. The Bertz CT molecular complexity index is 784. The predicted octanol–water partition coefficient (Wildman–Crippen LogP) is 2.75. The van der Waals surface area contributed by atoms with Crippen LogP contribution in [-0.4, -0.2) is 46.9 Å². The van der Waals surface area contributed by atoms with Gasteiger partial charge in [-0.1, -0.05) is 60.7 Å². The molecule has 2 aromatic carbocycles. The molecule has 1 atom stereocenters. The summed E-state index contributed by atoms with van der Waals surface area (Å²) in [6.45, 7) is 2.18. The first kappa shape index (κ1) is 20.2. The summed E-state index contributed by atoms with van der Waals surface area (Å²) < 4.78 is 0. The van der Waals surface area contributed by atoms with Gasteiger partial charge in [-0.15, -0.1) is 0 Å². The molecule has 0 bridgehead atoms. The monoisotopic (exact) mass is 380 g/mol. The largest absolute Gasteiger partial charge is 0.389 e. The van der Waals surface area contributed by atoms with Crippen LogP contribution < -0.4 is 5.73 Å². The third kappa shape index (κ3) is 4.86. The van der Waals surface area contributed by atoms with Gasteiger partial charge in [-0.2, -0.15) is 0 Å². The van der Waals surface area contributed by atoms with Gasteiger partial charge in [-0.3, -0.25) is 9.59 Å². The Balaban J connectivity index is 1.52. The molecule has 5 nitrogen and oxygen atoms in total. The topological polar surface area (TPSA) is 83.6 Å². The molecule has 1 amide bonds. The van der Waals surface area contributed by atoms with E-state index in [9.17, 15) is 14.7 Å². The molecule has 1 aliphatic rings. The van der Waals surface area contributed by atoms with Gasteiger partial charge in [0.25, 0.3) is 0 Å².